The lowest BCUT2D eigenvalue weighted by Gasteiger charge is -2.37. The molecular weight excluding hydrogens is 827 g/mol. The number of nitrogens with one attached hydrogen (secondary N) is 2. The average Bonchev–Trinajstić information content (AvgIpc) is 3.67. The number of piperazine rings is 1. The number of carbonyl (C=O) groups is 1. The van der Waals surface area contributed by atoms with Gasteiger partial charge in [0, 0.05) is 87.0 Å². The highest BCUT2D eigenvalue weighted by Crippen LogP contribution is 2.42. The first-order chi connectivity index (χ1) is 30.8. The Balaban J connectivity index is 0.959. The molecule has 0 bridgehead atoms. The van der Waals surface area contributed by atoms with E-state index in [9.17, 15) is 31.1 Å². The quantitative estimate of drug-likeness (QED) is 0.0791. The highest BCUT2D eigenvalue weighted by atomic mass is 19.4. The standard InChI is InChI=1S/C51H54F6N6O/c1-36-18-20-37(21-19-36)33-61-27-29-62(30-28-61)34-39-10-7-16-46-48(39)43(42-13-2-3-14-44(42)51(55,56)57)35-63(46)26-5-4-17-47(64)49(22-24-58-25-23-49)59-32-41-12-8-15-45(60-41)38-9-6-11-40(31-38)50(52,53)54/h2-3,6-16,18-21,31,35,58-59H,4-5,17,22-30,32-34H2,1H3. The molecule has 2 aliphatic heterocycles. The Labute approximate surface area is 370 Å². The van der Waals surface area contributed by atoms with Gasteiger partial charge < -0.3 is 9.88 Å². The van der Waals surface area contributed by atoms with Crippen LogP contribution in [0.1, 0.15) is 65.6 Å². The van der Waals surface area contributed by atoms with Crippen LogP contribution in [-0.4, -0.2) is 69.9 Å². The van der Waals surface area contributed by atoms with Crippen molar-refractivity contribution in [2.45, 2.75) is 83.1 Å². The third-order valence-electron chi connectivity index (χ3n) is 12.8. The summed E-state index contributed by atoms with van der Waals surface area (Å²) < 4.78 is 85.9. The number of piperidine rings is 1. The first-order valence-corrected chi connectivity index (χ1v) is 22.2. The second-order valence-electron chi connectivity index (χ2n) is 17.3. The van der Waals surface area contributed by atoms with Crippen LogP contribution in [0, 0.1) is 6.92 Å². The predicted molar refractivity (Wildman–Crippen MR) is 239 cm³/mol. The molecule has 2 N–H and O–H groups in total. The second-order valence-corrected chi connectivity index (χ2v) is 17.3. The Morgan fingerprint density at radius 2 is 1.45 bits per heavy atom. The van der Waals surface area contributed by atoms with Gasteiger partial charge in [0.25, 0.3) is 0 Å². The molecule has 13 heteroatoms. The zero-order valence-corrected chi connectivity index (χ0v) is 36.0. The molecule has 7 nitrogen and oxygen atoms in total. The maximum atomic E-state index is 14.5. The van der Waals surface area contributed by atoms with Crippen LogP contribution in [0.2, 0.25) is 0 Å². The maximum absolute atomic E-state index is 14.5. The Hall–Kier alpha value is -5.34. The minimum atomic E-state index is -4.53. The van der Waals surface area contributed by atoms with Crippen LogP contribution < -0.4 is 10.6 Å². The molecule has 8 rings (SSSR count). The van der Waals surface area contributed by atoms with Crippen LogP contribution in [-0.2, 0) is 43.3 Å². The van der Waals surface area contributed by atoms with Crippen LogP contribution in [0.3, 0.4) is 0 Å². The molecule has 336 valence electrons. The fourth-order valence-electron chi connectivity index (χ4n) is 9.28. The molecule has 2 fully saturated rings. The van der Waals surface area contributed by atoms with Crippen LogP contribution in [0.4, 0.5) is 26.3 Å². The Morgan fingerprint density at radius 3 is 2.19 bits per heavy atom. The SMILES string of the molecule is Cc1ccc(CN2CCN(Cc3cccc4c3c(-c3ccccc3C(F)(F)F)cn4CCCCC(=O)C3(NCc4cccc(-c5cccc(C(F)(F)F)c5)n4)CCNCC3)CC2)cc1. The van der Waals surface area contributed by atoms with Crippen molar-refractivity contribution in [3.05, 3.63) is 149 Å². The number of aromatic nitrogens is 2. The van der Waals surface area contributed by atoms with Gasteiger partial charge in [-0.1, -0.05) is 78.4 Å². The number of unbranched alkanes of at least 4 members (excludes halogenated alkanes) is 1. The van der Waals surface area contributed by atoms with E-state index in [1.807, 2.05) is 29.0 Å². The van der Waals surface area contributed by atoms with E-state index >= 15 is 0 Å². The van der Waals surface area contributed by atoms with Crippen molar-refractivity contribution in [3.63, 3.8) is 0 Å². The number of carbonyl (C=O) groups excluding carboxylic acids is 1. The van der Waals surface area contributed by atoms with Crippen molar-refractivity contribution in [3.8, 4) is 22.4 Å². The van der Waals surface area contributed by atoms with Gasteiger partial charge in [-0.2, -0.15) is 26.3 Å². The first-order valence-electron chi connectivity index (χ1n) is 22.2. The smallest absolute Gasteiger partial charge is 0.347 e. The molecule has 0 saturated carbocycles. The number of fused-ring (bicyclic) bond motifs is 1. The summed E-state index contributed by atoms with van der Waals surface area (Å²) in [7, 11) is 0. The number of hydrogen-bond donors (Lipinski definition) is 2. The number of benzene rings is 4. The number of halogens is 6. The minimum absolute atomic E-state index is 0.0847. The van der Waals surface area contributed by atoms with Crippen molar-refractivity contribution in [2.24, 2.45) is 0 Å². The molecule has 0 amide bonds. The highest BCUT2D eigenvalue weighted by Gasteiger charge is 2.39. The van der Waals surface area contributed by atoms with E-state index in [0.717, 1.165) is 67.4 Å². The van der Waals surface area contributed by atoms with Crippen LogP contribution in [0.15, 0.2) is 115 Å². The molecule has 0 spiro atoms. The Bertz CT molecular complexity index is 2530. The molecule has 6 aromatic rings. The van der Waals surface area contributed by atoms with E-state index in [2.05, 4.69) is 56.6 Å². The van der Waals surface area contributed by atoms with E-state index in [4.69, 9.17) is 0 Å². The van der Waals surface area contributed by atoms with Gasteiger partial charge in [-0.05, 0) is 98.8 Å². The molecule has 4 aromatic carbocycles. The van der Waals surface area contributed by atoms with Crippen LogP contribution in [0.5, 0.6) is 0 Å². The molecule has 0 atom stereocenters. The molecule has 2 saturated heterocycles. The number of hydrogen-bond acceptors (Lipinski definition) is 6. The van der Waals surface area contributed by atoms with Gasteiger partial charge in [-0.15, -0.1) is 0 Å². The zero-order chi connectivity index (χ0) is 44.9. The summed E-state index contributed by atoms with van der Waals surface area (Å²) in [5, 5.41) is 7.67. The Morgan fingerprint density at radius 1 is 0.750 bits per heavy atom. The lowest BCUT2D eigenvalue weighted by Crippen LogP contribution is -2.57. The summed E-state index contributed by atoms with van der Waals surface area (Å²) in [5.74, 6) is 0.0847. The third-order valence-corrected chi connectivity index (χ3v) is 12.8. The molecular formula is C51H54F6N6O. The van der Waals surface area contributed by atoms with Crippen molar-refractivity contribution in [2.75, 3.05) is 39.3 Å². The molecule has 0 aliphatic carbocycles. The molecule has 64 heavy (non-hydrogen) atoms. The van der Waals surface area contributed by atoms with Gasteiger partial charge in [-0.3, -0.25) is 24.9 Å². The number of Topliss-reactive ketones (excluding diaryl/α,β-unsaturated/α-hetero) is 1. The minimum Gasteiger partial charge on any atom is -0.347 e. The van der Waals surface area contributed by atoms with Crippen molar-refractivity contribution in [1.29, 1.82) is 0 Å². The molecule has 4 heterocycles. The predicted octanol–water partition coefficient (Wildman–Crippen LogP) is 10.7. The summed E-state index contributed by atoms with van der Waals surface area (Å²) in [6, 6.07) is 30.7. The van der Waals surface area contributed by atoms with E-state index in [1.54, 1.807) is 36.4 Å². The topological polar surface area (TPSA) is 65.4 Å². The van der Waals surface area contributed by atoms with Gasteiger partial charge in [0.1, 0.15) is 0 Å². The maximum Gasteiger partial charge on any atom is 0.417 e. The van der Waals surface area contributed by atoms with E-state index in [0.29, 0.717) is 80.8 Å². The first kappa shape index (κ1) is 45.2. The number of rotatable bonds is 15. The summed E-state index contributed by atoms with van der Waals surface area (Å²) in [6.07, 6.45) is -4.46. The summed E-state index contributed by atoms with van der Waals surface area (Å²) in [5.41, 5.74) is 4.24. The lowest BCUT2D eigenvalue weighted by molar-refractivity contribution is -0.138. The van der Waals surface area contributed by atoms with Gasteiger partial charge in [0.2, 0.25) is 0 Å². The summed E-state index contributed by atoms with van der Waals surface area (Å²) >= 11 is 0. The van der Waals surface area contributed by atoms with E-state index in [-0.39, 0.29) is 17.9 Å². The molecule has 0 radical (unpaired) electrons. The average molecular weight is 881 g/mol. The number of ketones is 1. The normalized spacial score (nSPS) is 16.4. The second kappa shape index (κ2) is 19.4. The molecule has 0 unspecified atom stereocenters. The third kappa shape index (κ3) is 10.6. The largest absolute Gasteiger partial charge is 0.417 e. The van der Waals surface area contributed by atoms with Gasteiger partial charge in [0.05, 0.1) is 28.1 Å². The fraction of sp³-hybridized carbons (Fsp3) is 0.373. The van der Waals surface area contributed by atoms with E-state index in [1.165, 1.54) is 23.3 Å². The molecule has 2 aliphatic rings. The number of pyridine rings is 1. The zero-order valence-electron chi connectivity index (χ0n) is 36.0. The number of nitrogens with zero attached hydrogens (tertiary/aromatic N) is 4. The number of alkyl halides is 6. The summed E-state index contributed by atoms with van der Waals surface area (Å²) in [4.78, 5) is 23.6. The fourth-order valence-corrected chi connectivity index (χ4v) is 9.28. The van der Waals surface area contributed by atoms with Crippen molar-refractivity contribution in [1.82, 2.24) is 30.0 Å². The van der Waals surface area contributed by atoms with Crippen molar-refractivity contribution < 1.29 is 31.1 Å². The van der Waals surface area contributed by atoms with Gasteiger partial charge in [-0.25, -0.2) is 0 Å². The molecule has 2 aromatic heterocycles. The monoisotopic (exact) mass is 880 g/mol. The van der Waals surface area contributed by atoms with Gasteiger partial charge in [0.15, 0.2) is 5.78 Å². The van der Waals surface area contributed by atoms with Crippen LogP contribution >= 0.6 is 0 Å². The summed E-state index contributed by atoms with van der Waals surface area (Å²) in [6.45, 7) is 9.16. The highest BCUT2D eigenvalue weighted by molar-refractivity contribution is 5.99. The van der Waals surface area contributed by atoms with Crippen LogP contribution in [0.25, 0.3) is 33.3 Å². The van der Waals surface area contributed by atoms with Gasteiger partial charge >= 0.3 is 12.4 Å². The lowest BCUT2D eigenvalue weighted by atomic mass is 9.82. The van der Waals surface area contributed by atoms with Crippen molar-refractivity contribution >= 4 is 16.7 Å². The Kier molecular flexibility index (Phi) is 13.7. The van der Waals surface area contributed by atoms with E-state index < -0.39 is 29.0 Å². The number of aryl methyl sites for hydroxylation is 2.